The quantitative estimate of drug-likeness (QED) is 0.925. The lowest BCUT2D eigenvalue weighted by Crippen LogP contribution is -2.35. The second-order valence-corrected chi connectivity index (χ2v) is 7.04. The average Bonchev–Trinajstić information content (AvgIpc) is 2.68. The second-order valence-electron chi connectivity index (χ2n) is 6.21. The highest BCUT2D eigenvalue weighted by Crippen LogP contribution is 2.23. The van der Waals surface area contributed by atoms with Gasteiger partial charge in [-0.05, 0) is 34.1 Å². The zero-order valence-electron chi connectivity index (χ0n) is 12.4. The maximum absolute atomic E-state index is 5.68. The normalized spacial score (nSPS) is 21.5. The van der Waals surface area contributed by atoms with Crippen molar-refractivity contribution in [1.82, 2.24) is 10.3 Å². The highest BCUT2D eigenvalue weighted by molar-refractivity contribution is 7.13. The number of anilines is 1. The number of hydrogen-bond acceptors (Lipinski definition) is 5. The van der Waals surface area contributed by atoms with Crippen LogP contribution in [0.5, 0.6) is 0 Å². The minimum absolute atomic E-state index is 0.134. The fourth-order valence-corrected chi connectivity index (χ4v) is 2.91. The Bertz CT molecular complexity index is 400. The fourth-order valence-electron chi connectivity index (χ4n) is 2.05. The molecule has 1 aliphatic heterocycles. The van der Waals surface area contributed by atoms with Crippen molar-refractivity contribution in [3.8, 4) is 0 Å². The minimum Gasteiger partial charge on any atom is -0.377 e. The van der Waals surface area contributed by atoms with E-state index >= 15 is 0 Å². The van der Waals surface area contributed by atoms with Crippen LogP contribution in [0.4, 0.5) is 5.13 Å². The first-order chi connectivity index (χ1) is 8.94. The van der Waals surface area contributed by atoms with E-state index in [0.29, 0.717) is 6.10 Å². The molecule has 1 unspecified atom stereocenters. The Morgan fingerprint density at radius 1 is 1.53 bits per heavy atom. The predicted octanol–water partition coefficient (Wildman–Crippen LogP) is 2.65. The Labute approximate surface area is 120 Å². The van der Waals surface area contributed by atoms with Gasteiger partial charge >= 0.3 is 0 Å². The van der Waals surface area contributed by atoms with Crippen molar-refractivity contribution in [1.29, 1.82) is 0 Å². The van der Waals surface area contributed by atoms with E-state index in [1.54, 1.807) is 11.3 Å². The molecule has 1 aromatic heterocycles. The van der Waals surface area contributed by atoms with Gasteiger partial charge in [-0.1, -0.05) is 0 Å². The van der Waals surface area contributed by atoms with E-state index in [1.807, 2.05) is 0 Å². The Morgan fingerprint density at radius 3 is 3.05 bits per heavy atom. The van der Waals surface area contributed by atoms with Crippen molar-refractivity contribution in [2.24, 2.45) is 0 Å². The number of aromatic nitrogens is 1. The van der Waals surface area contributed by atoms with Crippen LogP contribution >= 0.6 is 11.3 Å². The summed E-state index contributed by atoms with van der Waals surface area (Å²) in [6.45, 7) is 12.3. The van der Waals surface area contributed by atoms with Gasteiger partial charge in [0.25, 0.3) is 0 Å². The zero-order chi connectivity index (χ0) is 13.9. The van der Waals surface area contributed by atoms with Crippen LogP contribution in [0.3, 0.4) is 0 Å². The lowest BCUT2D eigenvalue weighted by molar-refractivity contribution is 0.0821. The highest BCUT2D eigenvalue weighted by atomic mass is 32.1. The lowest BCUT2D eigenvalue weighted by atomic mass is 10.1. The molecule has 4 nitrogen and oxygen atoms in total. The molecule has 1 aromatic rings. The van der Waals surface area contributed by atoms with Crippen LogP contribution in [-0.2, 0) is 11.3 Å². The van der Waals surface area contributed by atoms with Crippen molar-refractivity contribution in [2.75, 3.05) is 24.6 Å². The van der Waals surface area contributed by atoms with Crippen LogP contribution < -0.4 is 10.2 Å². The van der Waals surface area contributed by atoms with Gasteiger partial charge < -0.3 is 15.0 Å². The SMILES string of the molecule is CC1CN(c2nc(CNC(C)(C)C)cs2)CCCO1. The lowest BCUT2D eigenvalue weighted by Gasteiger charge is -2.21. The molecule has 2 rings (SSSR count). The number of rotatable bonds is 3. The van der Waals surface area contributed by atoms with Crippen LogP contribution in [0, 0.1) is 0 Å². The van der Waals surface area contributed by atoms with Crippen LogP contribution in [0.25, 0.3) is 0 Å². The summed E-state index contributed by atoms with van der Waals surface area (Å²) < 4.78 is 5.68. The van der Waals surface area contributed by atoms with Crippen LogP contribution in [0.1, 0.15) is 39.8 Å². The molecule has 1 aliphatic rings. The maximum Gasteiger partial charge on any atom is 0.185 e. The molecule has 19 heavy (non-hydrogen) atoms. The van der Waals surface area contributed by atoms with Gasteiger partial charge in [0, 0.05) is 37.2 Å². The van der Waals surface area contributed by atoms with Gasteiger partial charge in [-0.25, -0.2) is 4.98 Å². The third-order valence-corrected chi connectivity index (χ3v) is 4.01. The minimum atomic E-state index is 0.134. The second kappa shape index (κ2) is 6.20. The van der Waals surface area contributed by atoms with Crippen molar-refractivity contribution in [3.63, 3.8) is 0 Å². The molecule has 1 N–H and O–H groups in total. The van der Waals surface area contributed by atoms with Crippen molar-refractivity contribution >= 4 is 16.5 Å². The van der Waals surface area contributed by atoms with Crippen molar-refractivity contribution in [3.05, 3.63) is 11.1 Å². The molecule has 0 bridgehead atoms. The first kappa shape index (κ1) is 14.8. The van der Waals surface area contributed by atoms with Gasteiger partial charge in [0.05, 0.1) is 11.8 Å². The van der Waals surface area contributed by atoms with Crippen LogP contribution in [-0.4, -0.2) is 36.3 Å². The Hall–Kier alpha value is -0.650. The number of thiazole rings is 1. The van der Waals surface area contributed by atoms with Gasteiger partial charge in [-0.3, -0.25) is 0 Å². The van der Waals surface area contributed by atoms with E-state index < -0.39 is 0 Å². The van der Waals surface area contributed by atoms with Crippen molar-refractivity contribution < 1.29 is 4.74 Å². The average molecular weight is 283 g/mol. The summed E-state index contributed by atoms with van der Waals surface area (Å²) in [7, 11) is 0. The van der Waals surface area contributed by atoms with Crippen LogP contribution in [0.2, 0.25) is 0 Å². The summed E-state index contributed by atoms with van der Waals surface area (Å²) in [6.07, 6.45) is 1.38. The monoisotopic (exact) mass is 283 g/mol. The molecule has 0 radical (unpaired) electrons. The fraction of sp³-hybridized carbons (Fsp3) is 0.786. The van der Waals surface area contributed by atoms with Crippen molar-refractivity contribution in [2.45, 2.75) is 52.3 Å². The third kappa shape index (κ3) is 4.75. The smallest absolute Gasteiger partial charge is 0.185 e. The maximum atomic E-state index is 5.68. The van der Waals surface area contributed by atoms with E-state index in [0.717, 1.165) is 43.5 Å². The molecule has 5 heteroatoms. The van der Waals surface area contributed by atoms with Gasteiger partial charge in [-0.2, -0.15) is 0 Å². The summed E-state index contributed by atoms with van der Waals surface area (Å²) >= 11 is 1.74. The summed E-state index contributed by atoms with van der Waals surface area (Å²) in [5.41, 5.74) is 1.27. The number of ether oxygens (including phenoxy) is 1. The Balaban J connectivity index is 1.95. The van der Waals surface area contributed by atoms with Gasteiger partial charge in [-0.15, -0.1) is 11.3 Å². The number of hydrogen-bond donors (Lipinski definition) is 1. The highest BCUT2D eigenvalue weighted by Gasteiger charge is 2.18. The summed E-state index contributed by atoms with van der Waals surface area (Å²) in [4.78, 5) is 7.09. The molecule has 1 fully saturated rings. The predicted molar refractivity (Wildman–Crippen MR) is 81.0 cm³/mol. The van der Waals surface area contributed by atoms with E-state index in [-0.39, 0.29) is 5.54 Å². The topological polar surface area (TPSA) is 37.4 Å². The summed E-state index contributed by atoms with van der Waals surface area (Å²) in [6, 6.07) is 0. The first-order valence-electron chi connectivity index (χ1n) is 7.00. The Kier molecular flexibility index (Phi) is 4.81. The van der Waals surface area contributed by atoms with Gasteiger partial charge in [0.1, 0.15) is 0 Å². The van der Waals surface area contributed by atoms with Gasteiger partial charge in [0.2, 0.25) is 0 Å². The van der Waals surface area contributed by atoms with E-state index in [2.05, 4.69) is 43.3 Å². The largest absolute Gasteiger partial charge is 0.377 e. The molecular weight excluding hydrogens is 258 g/mol. The van der Waals surface area contributed by atoms with E-state index in [9.17, 15) is 0 Å². The molecule has 0 saturated carbocycles. The summed E-state index contributed by atoms with van der Waals surface area (Å²) in [5.74, 6) is 0. The molecular formula is C14H25N3OS. The van der Waals surface area contributed by atoms with E-state index in [1.165, 1.54) is 0 Å². The molecule has 2 heterocycles. The zero-order valence-corrected chi connectivity index (χ0v) is 13.2. The molecule has 0 aliphatic carbocycles. The van der Waals surface area contributed by atoms with Crippen LogP contribution in [0.15, 0.2) is 5.38 Å². The molecule has 1 saturated heterocycles. The van der Waals surface area contributed by atoms with E-state index in [4.69, 9.17) is 9.72 Å². The number of nitrogens with one attached hydrogen (secondary N) is 1. The molecule has 0 spiro atoms. The number of nitrogens with zero attached hydrogens (tertiary/aromatic N) is 2. The molecule has 0 amide bonds. The molecule has 1 atom stereocenters. The molecule has 0 aromatic carbocycles. The summed E-state index contributed by atoms with van der Waals surface area (Å²) in [5, 5.41) is 6.76. The first-order valence-corrected chi connectivity index (χ1v) is 7.88. The molecule has 108 valence electrons. The third-order valence-electron chi connectivity index (χ3n) is 3.06. The van der Waals surface area contributed by atoms with Gasteiger partial charge in [0.15, 0.2) is 5.13 Å². The standard InChI is InChI=1S/C14H25N3OS/c1-11-9-17(6-5-7-18-11)13-16-12(10-19-13)8-15-14(2,3)4/h10-11,15H,5-9H2,1-4H3. The Morgan fingerprint density at radius 2 is 2.32 bits per heavy atom.